The third-order valence-corrected chi connectivity index (χ3v) is 6.48. The Bertz CT molecular complexity index is 2020. The van der Waals surface area contributed by atoms with Crippen LogP contribution in [0.5, 0.6) is 0 Å². The second kappa shape index (κ2) is 14.2. The Morgan fingerprint density at radius 2 is 1.23 bits per heavy atom. The van der Waals surface area contributed by atoms with Crippen LogP contribution in [-0.2, 0) is 0 Å². The number of anilines is 3. The fourth-order valence-electron chi connectivity index (χ4n) is 3.62. The normalized spacial score (nSPS) is 10.0. The standard InChI is InChI=1S/C15H8ClFN4.C9H8N2.C6HCl2FN2/c16-14-9(8-18)7-11(17)15(21-14)20-13-5-1-4-12-10(13)3-2-6-19-12;10-8-4-1-5-9-7(8)3-2-6-11-9;7-5-3(2-10)1-4(9)6(8)11-5/h1-7H,(H,20,21);1-6H,10H2;1H. The molecule has 0 radical (unpaired) electrons. The number of nitrogens with two attached hydrogens (primary N) is 1. The first kappa shape index (κ1) is 30.8. The average Bonchev–Trinajstić information content (AvgIpc) is 3.02. The maximum Gasteiger partial charge on any atom is 0.168 e. The van der Waals surface area contributed by atoms with E-state index in [1.165, 1.54) is 0 Å². The van der Waals surface area contributed by atoms with Gasteiger partial charge in [-0.15, -0.1) is 0 Å². The number of nitrogen functional groups attached to an aromatic ring is 1. The molecule has 212 valence electrons. The molecular weight excluding hydrogens is 617 g/mol. The van der Waals surface area contributed by atoms with Gasteiger partial charge in [-0.3, -0.25) is 9.97 Å². The smallest absolute Gasteiger partial charge is 0.168 e. The molecule has 13 heteroatoms. The van der Waals surface area contributed by atoms with Crippen molar-refractivity contribution < 1.29 is 8.78 Å². The van der Waals surface area contributed by atoms with Gasteiger partial charge >= 0.3 is 0 Å². The summed E-state index contributed by atoms with van der Waals surface area (Å²) in [7, 11) is 0. The van der Waals surface area contributed by atoms with E-state index in [1.807, 2.05) is 42.5 Å². The van der Waals surface area contributed by atoms with Crippen LogP contribution in [0.3, 0.4) is 0 Å². The van der Waals surface area contributed by atoms with Crippen molar-refractivity contribution in [1.29, 1.82) is 10.5 Å². The number of hydrogen-bond acceptors (Lipinski definition) is 8. The van der Waals surface area contributed by atoms with Crippen LogP contribution < -0.4 is 11.1 Å². The Hall–Kier alpha value is -5.13. The minimum absolute atomic E-state index is 0.000645. The number of nitrogens with one attached hydrogen (secondary N) is 1. The van der Waals surface area contributed by atoms with E-state index in [2.05, 4.69) is 25.3 Å². The molecule has 0 aliphatic heterocycles. The van der Waals surface area contributed by atoms with Gasteiger partial charge in [-0.2, -0.15) is 10.5 Å². The Morgan fingerprint density at radius 3 is 1.86 bits per heavy atom. The number of pyridine rings is 4. The van der Waals surface area contributed by atoms with Gasteiger partial charge < -0.3 is 11.1 Å². The molecule has 0 atom stereocenters. The summed E-state index contributed by atoms with van der Waals surface area (Å²) in [5, 5.41) is 21.4. The number of nitriles is 2. The molecule has 0 aliphatic carbocycles. The van der Waals surface area contributed by atoms with E-state index in [-0.39, 0.29) is 32.4 Å². The molecule has 43 heavy (non-hydrogen) atoms. The predicted molar refractivity (Wildman–Crippen MR) is 164 cm³/mol. The highest BCUT2D eigenvalue weighted by molar-refractivity contribution is 6.33. The van der Waals surface area contributed by atoms with Gasteiger partial charge in [0.2, 0.25) is 0 Å². The number of halogens is 5. The van der Waals surface area contributed by atoms with E-state index in [0.717, 1.165) is 39.6 Å². The number of fused-ring (bicyclic) bond motifs is 2. The summed E-state index contributed by atoms with van der Waals surface area (Å²) in [6, 6.07) is 24.2. The van der Waals surface area contributed by atoms with Crippen LogP contribution in [-0.4, -0.2) is 19.9 Å². The van der Waals surface area contributed by atoms with Gasteiger partial charge in [0, 0.05) is 34.5 Å². The SMILES string of the molecule is N#Cc1cc(F)c(Cl)nc1Cl.N#Cc1cc(F)c(Nc2cccc3ncccc23)nc1Cl.Nc1cccc2ncccc12. The summed E-state index contributed by atoms with van der Waals surface area (Å²) in [6.07, 6.45) is 3.45. The van der Waals surface area contributed by atoms with Crippen molar-refractivity contribution in [3.8, 4) is 12.1 Å². The molecule has 6 aromatic rings. The van der Waals surface area contributed by atoms with Gasteiger partial charge in [-0.05, 0) is 60.7 Å². The molecule has 0 saturated heterocycles. The predicted octanol–water partition coefficient (Wildman–Crippen LogP) is 8.25. The fourth-order valence-corrected chi connectivity index (χ4v) is 4.17. The molecule has 0 unspecified atom stereocenters. The lowest BCUT2D eigenvalue weighted by atomic mass is 10.2. The van der Waals surface area contributed by atoms with Crippen molar-refractivity contribution in [2.24, 2.45) is 0 Å². The zero-order chi connectivity index (χ0) is 30.9. The van der Waals surface area contributed by atoms with Crippen molar-refractivity contribution in [3.63, 3.8) is 0 Å². The molecule has 0 fully saturated rings. The minimum Gasteiger partial charge on any atom is -0.398 e. The molecular formula is C30H17Cl3F2N8. The lowest BCUT2D eigenvalue weighted by Gasteiger charge is -2.10. The average molecular weight is 634 g/mol. The van der Waals surface area contributed by atoms with Crippen molar-refractivity contribution in [3.05, 3.63) is 123 Å². The van der Waals surface area contributed by atoms with Crippen LogP contribution in [0.15, 0.2) is 85.2 Å². The number of rotatable bonds is 2. The van der Waals surface area contributed by atoms with Gasteiger partial charge in [-0.1, -0.05) is 46.9 Å². The van der Waals surface area contributed by atoms with Gasteiger partial charge in [-0.25, -0.2) is 18.7 Å². The summed E-state index contributed by atoms with van der Waals surface area (Å²) >= 11 is 16.5. The largest absolute Gasteiger partial charge is 0.398 e. The van der Waals surface area contributed by atoms with Gasteiger partial charge in [0.15, 0.2) is 22.6 Å². The molecule has 0 aliphatic rings. The van der Waals surface area contributed by atoms with E-state index in [1.54, 1.807) is 42.7 Å². The fraction of sp³-hybridized carbons (Fsp3) is 0. The van der Waals surface area contributed by atoms with E-state index >= 15 is 0 Å². The first-order valence-electron chi connectivity index (χ1n) is 12.1. The van der Waals surface area contributed by atoms with E-state index in [9.17, 15) is 8.78 Å². The summed E-state index contributed by atoms with van der Waals surface area (Å²) < 4.78 is 26.5. The highest BCUT2D eigenvalue weighted by atomic mass is 35.5. The molecule has 0 spiro atoms. The Balaban J connectivity index is 0.000000162. The highest BCUT2D eigenvalue weighted by Crippen LogP contribution is 2.27. The van der Waals surface area contributed by atoms with Crippen LogP contribution in [0.4, 0.5) is 26.0 Å². The third kappa shape index (κ3) is 7.59. The van der Waals surface area contributed by atoms with Gasteiger partial charge in [0.25, 0.3) is 0 Å². The highest BCUT2D eigenvalue weighted by Gasteiger charge is 2.12. The number of nitrogens with zero attached hydrogens (tertiary/aromatic N) is 6. The zero-order valence-electron chi connectivity index (χ0n) is 21.7. The van der Waals surface area contributed by atoms with Crippen LogP contribution in [0.1, 0.15) is 11.1 Å². The molecule has 6 rings (SSSR count). The Morgan fingerprint density at radius 1 is 0.674 bits per heavy atom. The molecule has 0 bridgehead atoms. The summed E-state index contributed by atoms with van der Waals surface area (Å²) in [5.74, 6) is -1.42. The monoisotopic (exact) mass is 632 g/mol. The molecule has 0 saturated carbocycles. The number of benzene rings is 2. The summed E-state index contributed by atoms with van der Waals surface area (Å²) in [6.45, 7) is 0. The van der Waals surface area contributed by atoms with Crippen molar-refractivity contribution in [2.75, 3.05) is 11.1 Å². The maximum absolute atomic E-state index is 14.0. The van der Waals surface area contributed by atoms with E-state index < -0.39 is 11.6 Å². The first-order valence-corrected chi connectivity index (χ1v) is 13.2. The zero-order valence-corrected chi connectivity index (χ0v) is 24.0. The Kier molecular flexibility index (Phi) is 10.2. The van der Waals surface area contributed by atoms with Crippen molar-refractivity contribution in [1.82, 2.24) is 19.9 Å². The first-order chi connectivity index (χ1) is 20.7. The molecule has 3 N–H and O–H groups in total. The van der Waals surface area contributed by atoms with Gasteiger partial charge in [0.05, 0.1) is 22.2 Å². The molecule has 4 heterocycles. The molecule has 2 aromatic carbocycles. The molecule has 0 amide bonds. The topological polar surface area (TPSA) is 137 Å². The maximum atomic E-state index is 14.0. The third-order valence-electron chi connectivity index (χ3n) is 5.64. The summed E-state index contributed by atoms with van der Waals surface area (Å²) in [4.78, 5) is 15.6. The lowest BCUT2D eigenvalue weighted by molar-refractivity contribution is 0.621. The van der Waals surface area contributed by atoms with E-state index in [0.29, 0.717) is 5.69 Å². The van der Waals surface area contributed by atoms with Crippen LogP contribution in [0, 0.1) is 34.3 Å². The van der Waals surface area contributed by atoms with E-state index in [4.69, 9.17) is 51.1 Å². The van der Waals surface area contributed by atoms with Crippen molar-refractivity contribution in [2.45, 2.75) is 0 Å². The lowest BCUT2D eigenvalue weighted by Crippen LogP contribution is -2.00. The quantitative estimate of drug-likeness (QED) is 0.144. The van der Waals surface area contributed by atoms with Crippen LogP contribution in [0.2, 0.25) is 15.5 Å². The number of hydrogen-bond donors (Lipinski definition) is 2. The minimum atomic E-state index is -0.743. The second-order valence-electron chi connectivity index (χ2n) is 8.40. The van der Waals surface area contributed by atoms with Crippen molar-refractivity contribution >= 4 is 73.8 Å². The summed E-state index contributed by atoms with van der Waals surface area (Å²) in [5.41, 5.74) is 8.87. The van der Waals surface area contributed by atoms with Crippen LogP contribution in [0.25, 0.3) is 21.8 Å². The number of aromatic nitrogens is 4. The van der Waals surface area contributed by atoms with Gasteiger partial charge in [0.1, 0.15) is 22.4 Å². The Labute approximate surface area is 259 Å². The molecule has 4 aromatic heterocycles. The second-order valence-corrected chi connectivity index (χ2v) is 9.47. The van der Waals surface area contributed by atoms with Crippen LogP contribution >= 0.6 is 34.8 Å². The molecule has 8 nitrogen and oxygen atoms in total.